The number of anilines is 1. The predicted octanol–water partition coefficient (Wildman–Crippen LogP) is 4.84. The summed E-state index contributed by atoms with van der Waals surface area (Å²) in [6.45, 7) is 1.96. The minimum atomic E-state index is -0.156. The first-order valence-electron chi connectivity index (χ1n) is 8.86. The normalized spacial score (nSPS) is 11.5. The SMILES string of the molecule is COc1ccccc1[C@@H](C)N(C)C(=O)c1ccc(NC(=O)c2cccs2)cc1. The monoisotopic (exact) mass is 394 g/mol. The van der Waals surface area contributed by atoms with Crippen molar-refractivity contribution in [2.75, 3.05) is 19.5 Å². The molecule has 0 saturated carbocycles. The van der Waals surface area contributed by atoms with E-state index in [1.807, 2.05) is 42.6 Å². The maximum Gasteiger partial charge on any atom is 0.265 e. The molecule has 0 aliphatic carbocycles. The fourth-order valence-corrected chi connectivity index (χ4v) is 3.52. The van der Waals surface area contributed by atoms with Gasteiger partial charge in [-0.15, -0.1) is 11.3 Å². The molecule has 0 spiro atoms. The fourth-order valence-electron chi connectivity index (χ4n) is 2.90. The summed E-state index contributed by atoms with van der Waals surface area (Å²) in [5, 5.41) is 4.69. The van der Waals surface area contributed by atoms with Crippen LogP contribution in [0, 0.1) is 0 Å². The smallest absolute Gasteiger partial charge is 0.265 e. The summed E-state index contributed by atoms with van der Waals surface area (Å²) < 4.78 is 5.41. The average molecular weight is 394 g/mol. The van der Waals surface area contributed by atoms with Gasteiger partial charge >= 0.3 is 0 Å². The molecule has 0 saturated heterocycles. The molecule has 1 heterocycles. The van der Waals surface area contributed by atoms with E-state index in [0.717, 1.165) is 11.3 Å². The highest BCUT2D eigenvalue weighted by Crippen LogP contribution is 2.29. The van der Waals surface area contributed by atoms with Crippen molar-refractivity contribution in [1.29, 1.82) is 0 Å². The Bertz CT molecular complexity index is 952. The highest BCUT2D eigenvalue weighted by molar-refractivity contribution is 7.12. The number of hydrogen-bond acceptors (Lipinski definition) is 4. The van der Waals surface area contributed by atoms with Crippen LogP contribution in [0.3, 0.4) is 0 Å². The number of para-hydroxylation sites is 1. The van der Waals surface area contributed by atoms with E-state index in [-0.39, 0.29) is 17.9 Å². The molecule has 0 bridgehead atoms. The van der Waals surface area contributed by atoms with E-state index in [0.29, 0.717) is 16.1 Å². The molecular formula is C22H22N2O3S. The van der Waals surface area contributed by atoms with Crippen LogP contribution < -0.4 is 10.1 Å². The number of hydrogen-bond donors (Lipinski definition) is 1. The Balaban J connectivity index is 1.70. The topological polar surface area (TPSA) is 58.6 Å². The molecule has 1 N–H and O–H groups in total. The highest BCUT2D eigenvalue weighted by atomic mass is 32.1. The average Bonchev–Trinajstić information content (AvgIpc) is 3.28. The summed E-state index contributed by atoms with van der Waals surface area (Å²) >= 11 is 1.38. The number of nitrogens with zero attached hydrogens (tertiary/aromatic N) is 1. The molecule has 0 fully saturated rings. The number of carbonyl (C=O) groups is 2. The summed E-state index contributed by atoms with van der Waals surface area (Å²) in [7, 11) is 3.39. The first kappa shape index (κ1) is 19.6. The van der Waals surface area contributed by atoms with E-state index in [9.17, 15) is 9.59 Å². The third-order valence-electron chi connectivity index (χ3n) is 4.62. The molecule has 0 radical (unpaired) electrons. The van der Waals surface area contributed by atoms with Crippen LogP contribution in [0.4, 0.5) is 5.69 Å². The van der Waals surface area contributed by atoms with Crippen LogP contribution in [0.2, 0.25) is 0 Å². The van der Waals surface area contributed by atoms with Crippen molar-refractivity contribution in [3.63, 3.8) is 0 Å². The molecule has 5 nitrogen and oxygen atoms in total. The molecule has 28 heavy (non-hydrogen) atoms. The number of benzene rings is 2. The molecule has 1 atom stereocenters. The molecule has 1 aromatic heterocycles. The van der Waals surface area contributed by atoms with Crippen molar-refractivity contribution in [3.05, 3.63) is 82.0 Å². The van der Waals surface area contributed by atoms with E-state index in [2.05, 4.69) is 5.32 Å². The number of rotatable bonds is 6. The number of thiophene rings is 1. The van der Waals surface area contributed by atoms with Gasteiger partial charge in [-0.3, -0.25) is 9.59 Å². The van der Waals surface area contributed by atoms with Gasteiger partial charge in [-0.05, 0) is 48.7 Å². The van der Waals surface area contributed by atoms with Crippen LogP contribution in [-0.2, 0) is 0 Å². The molecule has 3 rings (SSSR count). The third-order valence-corrected chi connectivity index (χ3v) is 5.49. The van der Waals surface area contributed by atoms with Gasteiger partial charge in [0.1, 0.15) is 5.75 Å². The van der Waals surface area contributed by atoms with Crippen LogP contribution >= 0.6 is 11.3 Å². The number of ether oxygens (including phenoxy) is 1. The van der Waals surface area contributed by atoms with Gasteiger partial charge in [-0.1, -0.05) is 24.3 Å². The van der Waals surface area contributed by atoms with Crippen LogP contribution in [0.25, 0.3) is 0 Å². The summed E-state index contributed by atoms with van der Waals surface area (Å²) in [5.41, 5.74) is 2.15. The van der Waals surface area contributed by atoms with Gasteiger partial charge in [0.05, 0.1) is 18.0 Å². The Kier molecular flexibility index (Phi) is 6.11. The van der Waals surface area contributed by atoms with Gasteiger partial charge in [0.2, 0.25) is 0 Å². The molecule has 144 valence electrons. The van der Waals surface area contributed by atoms with E-state index in [1.165, 1.54) is 11.3 Å². The van der Waals surface area contributed by atoms with Crippen LogP contribution in [-0.4, -0.2) is 30.9 Å². The van der Waals surface area contributed by atoms with Crippen LogP contribution in [0.1, 0.15) is 38.6 Å². The zero-order valence-corrected chi connectivity index (χ0v) is 16.8. The van der Waals surface area contributed by atoms with Gasteiger partial charge in [0.25, 0.3) is 11.8 Å². The van der Waals surface area contributed by atoms with Crippen molar-refractivity contribution >= 4 is 28.8 Å². The van der Waals surface area contributed by atoms with Crippen LogP contribution in [0.5, 0.6) is 5.75 Å². The summed E-state index contributed by atoms with van der Waals surface area (Å²) in [4.78, 5) is 27.3. The summed E-state index contributed by atoms with van der Waals surface area (Å²) in [6, 6.07) is 18.0. The highest BCUT2D eigenvalue weighted by Gasteiger charge is 2.21. The first-order valence-corrected chi connectivity index (χ1v) is 9.74. The van der Waals surface area contributed by atoms with E-state index in [1.54, 1.807) is 49.4 Å². The predicted molar refractivity (Wildman–Crippen MR) is 112 cm³/mol. The maximum atomic E-state index is 12.9. The molecule has 0 unspecified atom stereocenters. The lowest BCUT2D eigenvalue weighted by Crippen LogP contribution is -2.29. The molecule has 0 aliphatic heterocycles. The third kappa shape index (κ3) is 4.23. The quantitative estimate of drug-likeness (QED) is 0.651. The molecular weight excluding hydrogens is 372 g/mol. The lowest BCUT2D eigenvalue weighted by atomic mass is 10.0. The van der Waals surface area contributed by atoms with Crippen molar-refractivity contribution in [2.24, 2.45) is 0 Å². The summed E-state index contributed by atoms with van der Waals surface area (Å²) in [6.07, 6.45) is 0. The number of carbonyl (C=O) groups excluding carboxylic acids is 2. The molecule has 3 aromatic rings. The molecule has 0 aliphatic rings. The fraction of sp³-hybridized carbons (Fsp3) is 0.182. The Morgan fingerprint density at radius 2 is 1.75 bits per heavy atom. The standard InChI is InChI=1S/C22H22N2O3S/c1-15(18-7-4-5-8-19(18)27-3)24(2)22(26)16-10-12-17(13-11-16)23-21(25)20-9-6-14-28-20/h4-15H,1-3H3,(H,23,25)/t15-/m1/s1. The Morgan fingerprint density at radius 3 is 2.39 bits per heavy atom. The van der Waals surface area contributed by atoms with Crippen LogP contribution in [0.15, 0.2) is 66.0 Å². The van der Waals surface area contributed by atoms with Crippen molar-refractivity contribution < 1.29 is 14.3 Å². The van der Waals surface area contributed by atoms with Gasteiger partial charge in [0.15, 0.2) is 0 Å². The van der Waals surface area contributed by atoms with Gasteiger partial charge < -0.3 is 15.0 Å². The second-order valence-corrected chi connectivity index (χ2v) is 7.29. The van der Waals surface area contributed by atoms with E-state index < -0.39 is 0 Å². The number of methoxy groups -OCH3 is 1. The second kappa shape index (κ2) is 8.71. The Labute approximate surface area is 168 Å². The lowest BCUT2D eigenvalue weighted by Gasteiger charge is -2.26. The first-order chi connectivity index (χ1) is 13.5. The van der Waals surface area contributed by atoms with Gasteiger partial charge in [0, 0.05) is 23.9 Å². The minimum Gasteiger partial charge on any atom is -0.496 e. The lowest BCUT2D eigenvalue weighted by molar-refractivity contribution is 0.0741. The van der Waals surface area contributed by atoms with Gasteiger partial charge in [-0.2, -0.15) is 0 Å². The zero-order valence-electron chi connectivity index (χ0n) is 16.0. The zero-order chi connectivity index (χ0) is 20.1. The maximum absolute atomic E-state index is 12.9. The van der Waals surface area contributed by atoms with E-state index in [4.69, 9.17) is 4.74 Å². The van der Waals surface area contributed by atoms with Crippen molar-refractivity contribution in [2.45, 2.75) is 13.0 Å². The van der Waals surface area contributed by atoms with Gasteiger partial charge in [-0.25, -0.2) is 0 Å². The minimum absolute atomic E-state index is 0.102. The van der Waals surface area contributed by atoms with Crippen molar-refractivity contribution in [3.8, 4) is 5.75 Å². The van der Waals surface area contributed by atoms with Crippen molar-refractivity contribution in [1.82, 2.24) is 4.90 Å². The largest absolute Gasteiger partial charge is 0.496 e. The molecule has 6 heteroatoms. The molecule has 2 amide bonds. The Hall–Kier alpha value is -3.12. The Morgan fingerprint density at radius 1 is 1.04 bits per heavy atom. The number of amides is 2. The number of nitrogens with one attached hydrogen (secondary N) is 1. The summed E-state index contributed by atoms with van der Waals surface area (Å²) in [5.74, 6) is 0.492. The van der Waals surface area contributed by atoms with E-state index >= 15 is 0 Å². The molecule has 2 aromatic carbocycles. The second-order valence-electron chi connectivity index (χ2n) is 6.34.